The lowest BCUT2D eigenvalue weighted by molar-refractivity contribution is 0.0879. The van der Waals surface area contributed by atoms with Crippen molar-refractivity contribution in [3.63, 3.8) is 0 Å². The minimum Gasteiger partial charge on any atom is -0.447 e. The third-order valence-corrected chi connectivity index (χ3v) is 5.97. The Hall–Kier alpha value is -2.06. The molecule has 6 nitrogen and oxygen atoms in total. The van der Waals surface area contributed by atoms with Crippen molar-refractivity contribution in [3.05, 3.63) is 44.8 Å². The molecule has 0 aliphatic carbocycles. The summed E-state index contributed by atoms with van der Waals surface area (Å²) in [6, 6.07) is 7.53. The van der Waals surface area contributed by atoms with Crippen LogP contribution in [0.25, 0.3) is 0 Å². The highest BCUT2D eigenvalue weighted by molar-refractivity contribution is 7.10. The minimum atomic E-state index is -0.365. The Morgan fingerprint density at radius 3 is 2.17 bits per heavy atom. The number of carbonyl (C=O) groups is 2. The predicted octanol–water partition coefficient (Wildman–Crippen LogP) is 5.60. The molecule has 2 N–H and O–H groups in total. The van der Waals surface area contributed by atoms with Gasteiger partial charge >= 0.3 is 12.1 Å². The molecule has 8 heteroatoms. The van der Waals surface area contributed by atoms with E-state index in [9.17, 15) is 9.59 Å². The molecule has 2 aromatic rings. The van der Waals surface area contributed by atoms with Gasteiger partial charge in [-0.3, -0.25) is 4.90 Å². The quantitative estimate of drug-likeness (QED) is 0.494. The average molecular weight is 452 g/mol. The van der Waals surface area contributed by atoms with Gasteiger partial charge in [-0.25, -0.2) is 9.59 Å². The Kier molecular flexibility index (Phi) is 9.65. The molecular weight excluding hydrogens is 418 g/mol. The number of nitrogens with zero attached hydrogens (tertiary/aromatic N) is 1. The molecule has 166 valence electrons. The number of carbonyl (C=O) groups excluding carboxylic acids is 2. The van der Waals surface area contributed by atoms with Crippen LogP contribution in [0.3, 0.4) is 0 Å². The largest absolute Gasteiger partial charge is 0.447 e. The molecule has 0 bridgehead atoms. The van der Waals surface area contributed by atoms with Crippen molar-refractivity contribution in [1.29, 1.82) is 0 Å². The monoisotopic (exact) mass is 451 g/mol. The Bertz CT molecular complexity index is 719. The molecule has 0 fully saturated rings. The van der Waals surface area contributed by atoms with Crippen LogP contribution >= 0.6 is 22.7 Å². The zero-order valence-corrected chi connectivity index (χ0v) is 19.9. The highest BCUT2D eigenvalue weighted by Gasteiger charge is 2.21. The summed E-state index contributed by atoms with van der Waals surface area (Å²) >= 11 is 3.24. The fourth-order valence-electron chi connectivity index (χ4n) is 2.84. The smallest absolute Gasteiger partial charge is 0.410 e. The van der Waals surface area contributed by atoms with Crippen LogP contribution in [-0.4, -0.2) is 35.2 Å². The fraction of sp³-hybridized carbons (Fsp3) is 0.545. The normalized spacial score (nSPS) is 12.3. The van der Waals surface area contributed by atoms with Gasteiger partial charge in [-0.15, -0.1) is 22.7 Å². The van der Waals surface area contributed by atoms with Crippen LogP contribution in [0.4, 0.5) is 9.59 Å². The minimum absolute atomic E-state index is 0.155. The average Bonchev–Trinajstić information content (AvgIpc) is 3.35. The number of hydrogen-bond donors (Lipinski definition) is 2. The van der Waals surface area contributed by atoms with E-state index in [1.807, 2.05) is 55.8 Å². The lowest BCUT2D eigenvalue weighted by Gasteiger charge is -2.26. The van der Waals surface area contributed by atoms with Crippen LogP contribution in [0.5, 0.6) is 0 Å². The molecule has 1 atom stereocenters. The summed E-state index contributed by atoms with van der Waals surface area (Å²) in [5.74, 6) is 0. The fourth-order valence-corrected chi connectivity index (χ4v) is 4.28. The first-order valence-electron chi connectivity index (χ1n) is 10.3. The Balaban J connectivity index is 1.97. The van der Waals surface area contributed by atoms with Gasteiger partial charge < -0.3 is 15.4 Å². The summed E-state index contributed by atoms with van der Waals surface area (Å²) in [6.45, 7) is 9.06. The number of amides is 3. The molecule has 2 rings (SSSR count). The molecule has 2 heterocycles. The lowest BCUT2D eigenvalue weighted by atomic mass is 10.1. The van der Waals surface area contributed by atoms with Gasteiger partial charge in [-0.05, 0) is 50.1 Å². The van der Waals surface area contributed by atoms with Crippen molar-refractivity contribution < 1.29 is 14.3 Å². The molecule has 0 aliphatic rings. The first-order chi connectivity index (χ1) is 14.3. The Morgan fingerprint density at radius 2 is 1.70 bits per heavy atom. The highest BCUT2D eigenvalue weighted by atomic mass is 32.1. The first kappa shape index (κ1) is 24.2. The van der Waals surface area contributed by atoms with Crippen molar-refractivity contribution >= 4 is 34.8 Å². The molecule has 30 heavy (non-hydrogen) atoms. The second kappa shape index (κ2) is 12.0. The number of urea groups is 1. The number of rotatable bonds is 10. The lowest BCUT2D eigenvalue weighted by Crippen LogP contribution is -2.51. The van der Waals surface area contributed by atoms with Crippen molar-refractivity contribution in [2.24, 2.45) is 0 Å². The summed E-state index contributed by atoms with van der Waals surface area (Å²) in [6.07, 6.45) is 2.36. The molecule has 0 radical (unpaired) electrons. The van der Waals surface area contributed by atoms with Crippen LogP contribution < -0.4 is 10.6 Å². The van der Waals surface area contributed by atoms with Gasteiger partial charge in [0.2, 0.25) is 0 Å². The predicted molar refractivity (Wildman–Crippen MR) is 124 cm³/mol. The van der Waals surface area contributed by atoms with Crippen LogP contribution in [0.2, 0.25) is 0 Å². The van der Waals surface area contributed by atoms with Crippen molar-refractivity contribution in [2.45, 2.75) is 71.6 Å². The highest BCUT2D eigenvalue weighted by Crippen LogP contribution is 2.18. The molecule has 2 aromatic heterocycles. The summed E-state index contributed by atoms with van der Waals surface area (Å²) in [7, 11) is 0. The van der Waals surface area contributed by atoms with Gasteiger partial charge in [0.05, 0.1) is 19.1 Å². The maximum atomic E-state index is 12.9. The van der Waals surface area contributed by atoms with E-state index < -0.39 is 0 Å². The molecule has 0 saturated carbocycles. The number of nitrogens with one attached hydrogen (secondary N) is 2. The molecule has 0 spiro atoms. The summed E-state index contributed by atoms with van der Waals surface area (Å²) in [4.78, 5) is 29.1. The van der Waals surface area contributed by atoms with Crippen molar-refractivity contribution in [3.8, 4) is 0 Å². The number of thiophene rings is 2. The maximum Gasteiger partial charge on any atom is 0.410 e. The van der Waals surface area contributed by atoms with Crippen molar-refractivity contribution in [1.82, 2.24) is 15.5 Å². The van der Waals surface area contributed by atoms with E-state index in [1.54, 1.807) is 27.6 Å². The van der Waals surface area contributed by atoms with E-state index >= 15 is 0 Å². The zero-order valence-electron chi connectivity index (χ0n) is 18.3. The van der Waals surface area contributed by atoms with E-state index in [2.05, 4.69) is 17.6 Å². The van der Waals surface area contributed by atoms with Gasteiger partial charge in [0, 0.05) is 15.3 Å². The molecular formula is C22H33N3O3S2. The molecule has 0 aromatic carbocycles. The zero-order chi connectivity index (χ0) is 22.0. The number of ether oxygens (including phenoxy) is 1. The summed E-state index contributed by atoms with van der Waals surface area (Å²) in [5, 5.41) is 9.85. The van der Waals surface area contributed by atoms with Crippen LogP contribution in [0.1, 0.15) is 56.7 Å². The second-order valence-corrected chi connectivity index (χ2v) is 10.3. The SMILES string of the molecule is CCCC[C@H](COC(=O)N(Cc1cccs1)Cc1cccs1)NC(=O)NC(C)(C)C. The number of unbranched alkanes of at least 4 members (excludes halogenated alkanes) is 1. The van der Waals surface area contributed by atoms with Gasteiger partial charge in [0.1, 0.15) is 6.61 Å². The third-order valence-electron chi connectivity index (χ3n) is 4.25. The Morgan fingerprint density at radius 1 is 1.10 bits per heavy atom. The van der Waals surface area contributed by atoms with E-state index in [0.717, 1.165) is 29.0 Å². The molecule has 0 aliphatic heterocycles. The van der Waals surface area contributed by atoms with Gasteiger partial charge in [0.25, 0.3) is 0 Å². The summed E-state index contributed by atoms with van der Waals surface area (Å²) < 4.78 is 5.65. The second-order valence-electron chi connectivity index (χ2n) is 8.28. The van der Waals surface area contributed by atoms with E-state index in [1.165, 1.54) is 0 Å². The van der Waals surface area contributed by atoms with Gasteiger partial charge in [-0.1, -0.05) is 31.9 Å². The van der Waals surface area contributed by atoms with Crippen molar-refractivity contribution in [2.75, 3.05) is 6.61 Å². The number of hydrogen-bond acceptors (Lipinski definition) is 5. The van der Waals surface area contributed by atoms with E-state index in [-0.39, 0.29) is 30.3 Å². The topological polar surface area (TPSA) is 70.7 Å². The van der Waals surface area contributed by atoms with Crippen LogP contribution in [-0.2, 0) is 17.8 Å². The molecule has 0 saturated heterocycles. The van der Waals surface area contributed by atoms with E-state index in [4.69, 9.17) is 4.74 Å². The van der Waals surface area contributed by atoms with Crippen LogP contribution in [0, 0.1) is 0 Å². The summed E-state index contributed by atoms with van der Waals surface area (Å²) in [5.41, 5.74) is -0.325. The molecule has 3 amide bonds. The Labute approximate surface area is 187 Å². The first-order valence-corrected chi connectivity index (χ1v) is 12.1. The van der Waals surface area contributed by atoms with E-state index in [0.29, 0.717) is 13.1 Å². The molecule has 0 unspecified atom stereocenters. The van der Waals surface area contributed by atoms with Gasteiger partial charge in [0.15, 0.2) is 0 Å². The van der Waals surface area contributed by atoms with Crippen LogP contribution in [0.15, 0.2) is 35.0 Å². The standard InChI is InChI=1S/C22H33N3O3S2/c1-5-6-9-17(23-20(26)24-22(2,3)4)16-28-21(27)25(14-18-10-7-12-29-18)15-19-11-8-13-30-19/h7-8,10-13,17H,5-6,9,14-16H2,1-4H3,(H2,23,24,26)/t17-/m1/s1. The maximum absolute atomic E-state index is 12.9. The third kappa shape index (κ3) is 9.17. The van der Waals surface area contributed by atoms with Gasteiger partial charge in [-0.2, -0.15) is 0 Å².